The lowest BCUT2D eigenvalue weighted by Crippen LogP contribution is -2.43. The molecule has 2 aromatic carbocycles. The van der Waals surface area contributed by atoms with Crippen molar-refractivity contribution in [1.82, 2.24) is 5.32 Å². The van der Waals surface area contributed by atoms with Crippen LogP contribution >= 0.6 is 0 Å². The Balaban J connectivity index is 1.44. The first-order valence-electron chi connectivity index (χ1n) is 10.6. The van der Waals surface area contributed by atoms with E-state index < -0.39 is 0 Å². The number of carbonyl (C=O) groups is 3. The molecule has 8 heteroatoms. The standard InChI is InChI=1S/C23H26N4O4/c28-21(24-16-7-3-1-4-8-16)14-27-19-13-18(11-12-20(19)31-15-22(27)29)26-23(30)25-17-9-5-2-6-10-17/h1,3-4,7-8,11-13,17H,2,5-6,9-10,14-15H2,(H,24,28)(H2,25,26,30). The van der Waals surface area contributed by atoms with Crippen LogP contribution in [0.3, 0.4) is 0 Å². The number of amides is 4. The predicted molar refractivity (Wildman–Crippen MR) is 118 cm³/mol. The van der Waals surface area contributed by atoms with E-state index in [0.717, 1.165) is 25.7 Å². The van der Waals surface area contributed by atoms with E-state index in [4.69, 9.17) is 4.74 Å². The highest BCUT2D eigenvalue weighted by Gasteiger charge is 2.28. The van der Waals surface area contributed by atoms with Gasteiger partial charge in [-0.2, -0.15) is 0 Å². The maximum Gasteiger partial charge on any atom is 0.319 e. The second-order valence-electron chi connectivity index (χ2n) is 7.80. The molecule has 1 aliphatic carbocycles. The largest absolute Gasteiger partial charge is 0.482 e. The van der Waals surface area contributed by atoms with Gasteiger partial charge in [0.05, 0.1) is 5.69 Å². The summed E-state index contributed by atoms with van der Waals surface area (Å²) in [4.78, 5) is 38.7. The number of rotatable bonds is 5. The molecule has 8 nitrogen and oxygen atoms in total. The number of ether oxygens (including phenoxy) is 1. The van der Waals surface area contributed by atoms with Gasteiger partial charge in [-0.05, 0) is 43.2 Å². The van der Waals surface area contributed by atoms with Crippen molar-refractivity contribution in [2.75, 3.05) is 28.7 Å². The van der Waals surface area contributed by atoms with Gasteiger partial charge in [-0.25, -0.2) is 4.79 Å². The molecule has 0 unspecified atom stereocenters. The number of nitrogens with zero attached hydrogens (tertiary/aromatic N) is 1. The van der Waals surface area contributed by atoms with E-state index in [1.54, 1.807) is 30.3 Å². The number of fused-ring (bicyclic) bond motifs is 1. The van der Waals surface area contributed by atoms with Crippen LogP contribution in [0.4, 0.5) is 21.9 Å². The summed E-state index contributed by atoms with van der Waals surface area (Å²) in [6.45, 7) is -0.289. The molecule has 2 aliphatic rings. The Morgan fingerprint density at radius 2 is 1.74 bits per heavy atom. The van der Waals surface area contributed by atoms with Gasteiger partial charge < -0.3 is 20.7 Å². The maximum absolute atomic E-state index is 12.5. The van der Waals surface area contributed by atoms with Gasteiger partial charge in [0.25, 0.3) is 5.91 Å². The van der Waals surface area contributed by atoms with Crippen LogP contribution in [-0.4, -0.2) is 37.0 Å². The average molecular weight is 422 g/mol. The number of urea groups is 1. The fourth-order valence-corrected chi connectivity index (χ4v) is 3.92. The van der Waals surface area contributed by atoms with E-state index in [1.165, 1.54) is 11.3 Å². The zero-order valence-corrected chi connectivity index (χ0v) is 17.2. The van der Waals surface area contributed by atoms with Crippen LogP contribution in [-0.2, 0) is 9.59 Å². The molecule has 162 valence electrons. The quantitative estimate of drug-likeness (QED) is 0.687. The molecule has 31 heavy (non-hydrogen) atoms. The minimum absolute atomic E-state index is 0.138. The van der Waals surface area contributed by atoms with E-state index in [2.05, 4.69) is 16.0 Å². The summed E-state index contributed by atoms with van der Waals surface area (Å²) >= 11 is 0. The summed E-state index contributed by atoms with van der Waals surface area (Å²) in [5, 5.41) is 8.60. The van der Waals surface area contributed by atoms with Crippen molar-refractivity contribution in [3.05, 3.63) is 48.5 Å². The fourth-order valence-electron chi connectivity index (χ4n) is 3.92. The zero-order valence-electron chi connectivity index (χ0n) is 17.2. The van der Waals surface area contributed by atoms with Crippen LogP contribution in [0.2, 0.25) is 0 Å². The van der Waals surface area contributed by atoms with Gasteiger partial charge in [-0.15, -0.1) is 0 Å². The van der Waals surface area contributed by atoms with Crippen LogP contribution in [0.15, 0.2) is 48.5 Å². The second-order valence-corrected chi connectivity index (χ2v) is 7.80. The molecule has 0 atom stereocenters. The summed E-state index contributed by atoms with van der Waals surface area (Å²) < 4.78 is 5.50. The number of anilines is 3. The molecule has 1 fully saturated rings. The lowest BCUT2D eigenvalue weighted by atomic mass is 9.96. The van der Waals surface area contributed by atoms with E-state index >= 15 is 0 Å². The molecule has 0 aromatic heterocycles. The molecular formula is C23H26N4O4. The highest BCUT2D eigenvalue weighted by Crippen LogP contribution is 2.34. The van der Waals surface area contributed by atoms with E-state index in [0.29, 0.717) is 22.8 Å². The summed E-state index contributed by atoms with van der Waals surface area (Å²) in [6.07, 6.45) is 5.45. The molecule has 1 aliphatic heterocycles. The van der Waals surface area contributed by atoms with Crippen molar-refractivity contribution in [1.29, 1.82) is 0 Å². The number of hydrogen-bond donors (Lipinski definition) is 3. The summed E-state index contributed by atoms with van der Waals surface area (Å²) in [7, 11) is 0. The number of para-hydroxylation sites is 1. The molecule has 1 heterocycles. The third-order valence-corrected chi connectivity index (χ3v) is 5.46. The molecule has 4 rings (SSSR count). The Labute approximate surface area is 180 Å². The normalized spacial score (nSPS) is 16.1. The van der Waals surface area contributed by atoms with Gasteiger partial charge in [0.2, 0.25) is 5.91 Å². The smallest absolute Gasteiger partial charge is 0.319 e. The third kappa shape index (κ3) is 5.33. The number of carbonyl (C=O) groups excluding carboxylic acids is 3. The Bertz CT molecular complexity index is 957. The molecule has 0 bridgehead atoms. The monoisotopic (exact) mass is 422 g/mol. The highest BCUT2D eigenvalue weighted by atomic mass is 16.5. The van der Waals surface area contributed by atoms with Crippen molar-refractivity contribution in [3.63, 3.8) is 0 Å². The lowest BCUT2D eigenvalue weighted by Gasteiger charge is -2.29. The Morgan fingerprint density at radius 1 is 0.968 bits per heavy atom. The van der Waals surface area contributed by atoms with Crippen molar-refractivity contribution in [2.45, 2.75) is 38.1 Å². The predicted octanol–water partition coefficient (Wildman–Crippen LogP) is 3.50. The second kappa shape index (κ2) is 9.51. The zero-order chi connectivity index (χ0) is 21.6. The molecule has 0 radical (unpaired) electrons. The van der Waals surface area contributed by atoms with Crippen LogP contribution in [0.1, 0.15) is 32.1 Å². The topological polar surface area (TPSA) is 99.8 Å². The van der Waals surface area contributed by atoms with Crippen LogP contribution in [0.5, 0.6) is 5.75 Å². The van der Waals surface area contributed by atoms with Gasteiger partial charge in [0.1, 0.15) is 12.3 Å². The van der Waals surface area contributed by atoms with Crippen LogP contribution < -0.4 is 25.6 Å². The molecule has 2 aromatic rings. The van der Waals surface area contributed by atoms with Gasteiger partial charge in [0, 0.05) is 17.4 Å². The Kier molecular flexibility index (Phi) is 6.35. The number of nitrogens with one attached hydrogen (secondary N) is 3. The van der Waals surface area contributed by atoms with Gasteiger partial charge in [-0.1, -0.05) is 37.5 Å². The molecule has 4 amide bonds. The van der Waals surface area contributed by atoms with Crippen molar-refractivity contribution >= 4 is 34.9 Å². The molecule has 0 saturated heterocycles. The molecule has 1 saturated carbocycles. The van der Waals surface area contributed by atoms with Crippen molar-refractivity contribution in [2.24, 2.45) is 0 Å². The van der Waals surface area contributed by atoms with E-state index in [9.17, 15) is 14.4 Å². The molecular weight excluding hydrogens is 396 g/mol. The Morgan fingerprint density at radius 3 is 2.52 bits per heavy atom. The maximum atomic E-state index is 12.5. The summed E-state index contributed by atoms with van der Waals surface area (Å²) in [5.41, 5.74) is 1.64. The molecule has 0 spiro atoms. The SMILES string of the molecule is O=C(CN1C(=O)COc2ccc(NC(=O)NC3CCCCC3)cc21)Nc1ccccc1. The van der Waals surface area contributed by atoms with Gasteiger partial charge >= 0.3 is 6.03 Å². The first kappa shape index (κ1) is 20.7. The van der Waals surface area contributed by atoms with Crippen molar-refractivity contribution < 1.29 is 19.1 Å². The van der Waals surface area contributed by atoms with Crippen LogP contribution in [0.25, 0.3) is 0 Å². The fraction of sp³-hybridized carbons (Fsp3) is 0.348. The first-order valence-corrected chi connectivity index (χ1v) is 10.6. The van der Waals surface area contributed by atoms with Crippen molar-refractivity contribution in [3.8, 4) is 5.75 Å². The van der Waals surface area contributed by atoms with Gasteiger partial charge in [0.15, 0.2) is 6.61 Å². The van der Waals surface area contributed by atoms with Crippen LogP contribution in [0, 0.1) is 0 Å². The Hall–Kier alpha value is -3.55. The average Bonchev–Trinajstić information content (AvgIpc) is 2.77. The minimum Gasteiger partial charge on any atom is -0.482 e. The number of benzene rings is 2. The van der Waals surface area contributed by atoms with Gasteiger partial charge in [-0.3, -0.25) is 14.5 Å². The summed E-state index contributed by atoms with van der Waals surface area (Å²) in [6, 6.07) is 14.0. The van der Waals surface area contributed by atoms with E-state index in [1.807, 2.05) is 18.2 Å². The minimum atomic E-state index is -0.320. The first-order chi connectivity index (χ1) is 15.1. The summed E-state index contributed by atoms with van der Waals surface area (Å²) in [5.74, 6) is -0.148. The lowest BCUT2D eigenvalue weighted by molar-refractivity contribution is -0.123. The van der Waals surface area contributed by atoms with E-state index in [-0.39, 0.29) is 37.0 Å². The number of hydrogen-bond acceptors (Lipinski definition) is 4. The highest BCUT2D eigenvalue weighted by molar-refractivity contribution is 6.05. The third-order valence-electron chi connectivity index (χ3n) is 5.46. The molecule has 3 N–H and O–H groups in total.